The van der Waals surface area contributed by atoms with E-state index in [0.29, 0.717) is 37.1 Å². The minimum absolute atomic E-state index is 0.00686. The molecule has 2 saturated heterocycles. The molecule has 1 aromatic carbocycles. The fourth-order valence-corrected chi connectivity index (χ4v) is 5.13. The Labute approximate surface area is 203 Å². The van der Waals surface area contributed by atoms with Crippen molar-refractivity contribution in [1.82, 2.24) is 15.2 Å². The summed E-state index contributed by atoms with van der Waals surface area (Å²) in [5.74, 6) is 0.526. The van der Waals surface area contributed by atoms with Crippen LogP contribution in [-0.4, -0.2) is 79.3 Å². The number of alkyl halides is 2. The Bertz CT molecular complexity index is 1150. The van der Waals surface area contributed by atoms with E-state index in [0.717, 1.165) is 53.7 Å². The fraction of sp³-hybridized carbons (Fsp3) is 0.500. The molecule has 0 spiro atoms. The van der Waals surface area contributed by atoms with E-state index in [1.54, 1.807) is 22.9 Å². The molecule has 2 N–H and O–H groups in total. The summed E-state index contributed by atoms with van der Waals surface area (Å²) in [4.78, 5) is 20.0. The Morgan fingerprint density at radius 3 is 2.66 bits per heavy atom. The number of carbonyl (C=O) groups excluding carboxylic acids is 1. The lowest BCUT2D eigenvalue weighted by molar-refractivity contribution is -0.128. The van der Waals surface area contributed by atoms with Crippen LogP contribution in [0.25, 0.3) is 10.8 Å². The van der Waals surface area contributed by atoms with Crippen LogP contribution < -0.4 is 10.2 Å². The van der Waals surface area contributed by atoms with Gasteiger partial charge >= 0.3 is 0 Å². The molecule has 2 fully saturated rings. The predicted octanol–water partition coefficient (Wildman–Crippen LogP) is 3.37. The second-order valence-corrected chi connectivity index (χ2v) is 9.56. The lowest BCUT2D eigenvalue weighted by Crippen LogP contribution is -2.43. The number of anilines is 1. The van der Waals surface area contributed by atoms with Crippen LogP contribution >= 0.6 is 0 Å². The molecule has 5 rings (SSSR count). The molecule has 4 heterocycles. The number of nitrogens with zero attached hydrogens (tertiary/aromatic N) is 3. The summed E-state index contributed by atoms with van der Waals surface area (Å²) in [6.07, 6.45) is 1.18. The van der Waals surface area contributed by atoms with Gasteiger partial charge in [0.25, 0.3) is 0 Å². The molecule has 35 heavy (non-hydrogen) atoms. The van der Waals surface area contributed by atoms with Crippen molar-refractivity contribution in [2.45, 2.75) is 44.6 Å². The number of rotatable bonds is 5. The summed E-state index contributed by atoms with van der Waals surface area (Å²) in [6.45, 7) is 3.98. The highest BCUT2D eigenvalue weighted by atomic mass is 19.2. The van der Waals surface area contributed by atoms with Gasteiger partial charge in [0, 0.05) is 74.1 Å². The van der Waals surface area contributed by atoms with Gasteiger partial charge < -0.3 is 19.9 Å². The van der Waals surface area contributed by atoms with E-state index < -0.39 is 12.3 Å². The first-order valence-corrected chi connectivity index (χ1v) is 12.2. The lowest BCUT2D eigenvalue weighted by atomic mass is 9.92. The van der Waals surface area contributed by atoms with E-state index in [9.17, 15) is 13.6 Å². The highest BCUT2D eigenvalue weighted by molar-refractivity contribution is 6.18. The molecule has 2 atom stereocenters. The number of aromatic nitrogens is 1. The zero-order valence-corrected chi connectivity index (χ0v) is 19.9. The average Bonchev–Trinajstić information content (AvgIpc) is 3.21. The first-order valence-electron chi connectivity index (χ1n) is 12.2. The molecule has 1 amide bonds. The Morgan fingerprint density at radius 1 is 1.20 bits per heavy atom. The van der Waals surface area contributed by atoms with Gasteiger partial charge in [0.1, 0.15) is 5.82 Å². The maximum Gasteiger partial charge on any atom is 0.219 e. The maximum absolute atomic E-state index is 13.7. The first-order chi connectivity index (χ1) is 16.9. The van der Waals surface area contributed by atoms with Crippen LogP contribution in [0.15, 0.2) is 41.7 Å². The van der Waals surface area contributed by atoms with E-state index in [2.05, 4.69) is 10.3 Å². The van der Waals surface area contributed by atoms with Gasteiger partial charge in [0.2, 0.25) is 5.91 Å². The van der Waals surface area contributed by atoms with Crippen LogP contribution in [0, 0.1) is 5.41 Å². The third-order valence-corrected chi connectivity index (χ3v) is 7.22. The summed E-state index contributed by atoms with van der Waals surface area (Å²) < 4.78 is 32.9. The van der Waals surface area contributed by atoms with Crippen LogP contribution in [0.5, 0.6) is 0 Å². The van der Waals surface area contributed by atoms with Gasteiger partial charge in [0.05, 0.1) is 18.8 Å². The topological polar surface area (TPSA) is 81.6 Å². The van der Waals surface area contributed by atoms with Crippen molar-refractivity contribution in [1.29, 1.82) is 5.41 Å². The molecular formula is C26H31F2N5O2. The number of carbonyl (C=O) groups is 1. The molecule has 3 aliphatic heterocycles. The third-order valence-electron chi connectivity index (χ3n) is 7.22. The van der Waals surface area contributed by atoms with Crippen molar-refractivity contribution in [3.05, 3.63) is 47.3 Å². The monoisotopic (exact) mass is 483 g/mol. The molecule has 2 aromatic rings. The summed E-state index contributed by atoms with van der Waals surface area (Å²) in [5.41, 5.74) is 2.91. The number of fused-ring (bicyclic) bond motifs is 1. The van der Waals surface area contributed by atoms with Crippen molar-refractivity contribution in [3.8, 4) is 0 Å². The van der Waals surface area contributed by atoms with Crippen LogP contribution in [0.2, 0.25) is 0 Å². The van der Waals surface area contributed by atoms with E-state index in [-0.39, 0.29) is 19.0 Å². The van der Waals surface area contributed by atoms with E-state index in [4.69, 9.17) is 10.1 Å². The van der Waals surface area contributed by atoms with E-state index in [1.807, 2.05) is 24.3 Å². The van der Waals surface area contributed by atoms with E-state index in [1.165, 1.54) is 0 Å². The molecule has 7 nitrogen and oxygen atoms in total. The highest BCUT2D eigenvalue weighted by Gasteiger charge is 2.33. The highest BCUT2D eigenvalue weighted by Crippen LogP contribution is 2.29. The minimum Gasteiger partial charge on any atom is -0.385 e. The largest absolute Gasteiger partial charge is 0.385 e. The molecule has 0 saturated carbocycles. The number of nitrogens with one attached hydrogen (secondary N) is 2. The molecule has 9 heteroatoms. The van der Waals surface area contributed by atoms with Crippen molar-refractivity contribution >= 4 is 28.2 Å². The number of benzene rings is 1. The summed E-state index contributed by atoms with van der Waals surface area (Å²) in [6, 6.07) is 7.82. The normalized spacial score (nSPS) is 23.7. The molecule has 186 valence electrons. The molecule has 0 unspecified atom stereocenters. The number of halogens is 2. The van der Waals surface area contributed by atoms with Crippen LogP contribution in [0.3, 0.4) is 0 Å². The smallest absolute Gasteiger partial charge is 0.219 e. The van der Waals surface area contributed by atoms with Crippen molar-refractivity contribution in [2.75, 3.05) is 44.3 Å². The Balaban J connectivity index is 1.47. The number of pyridine rings is 1. The Morgan fingerprint density at radius 2 is 1.94 bits per heavy atom. The SMILES string of the molecule is CC(=O)N1CCC(NC2CCOCC2)=C(C(=N)c2cccc3cc(N4C[C@@H](F)[C@@H](F)C4)ncc23)C1. The van der Waals surface area contributed by atoms with Crippen LogP contribution in [0.1, 0.15) is 31.7 Å². The minimum atomic E-state index is -1.50. The third kappa shape index (κ3) is 4.87. The standard InChI is InChI=1S/C26H31F2N5O2/c1-16(34)32-8-5-24(31-18-6-9-35-10-7-18)21(13-32)26(29)19-4-2-3-17-11-25(30-12-20(17)19)33-14-22(27)23(28)15-33/h2-4,11-12,18,22-23,29,31H,5-10,13-15H2,1H3/t22-,23+. The molecule has 0 aliphatic carbocycles. The quantitative estimate of drug-likeness (QED) is 0.638. The van der Waals surface area contributed by atoms with Gasteiger partial charge in [0.15, 0.2) is 12.3 Å². The fourth-order valence-electron chi connectivity index (χ4n) is 5.13. The second kappa shape index (κ2) is 9.89. The number of amides is 1. The molecular weight excluding hydrogens is 452 g/mol. The summed E-state index contributed by atoms with van der Waals surface area (Å²) in [7, 11) is 0. The second-order valence-electron chi connectivity index (χ2n) is 9.56. The van der Waals surface area contributed by atoms with Gasteiger partial charge in [-0.3, -0.25) is 10.2 Å². The van der Waals surface area contributed by atoms with Crippen molar-refractivity contribution < 1.29 is 18.3 Å². The van der Waals surface area contributed by atoms with Gasteiger partial charge in [-0.05, 0) is 24.3 Å². The Kier molecular flexibility index (Phi) is 6.69. The number of hydrogen-bond donors (Lipinski definition) is 2. The molecule has 0 radical (unpaired) electrons. The zero-order valence-electron chi connectivity index (χ0n) is 19.9. The first kappa shape index (κ1) is 23.7. The van der Waals surface area contributed by atoms with E-state index >= 15 is 0 Å². The average molecular weight is 484 g/mol. The van der Waals surface area contributed by atoms with Crippen molar-refractivity contribution in [3.63, 3.8) is 0 Å². The van der Waals surface area contributed by atoms with Gasteiger partial charge in [-0.25, -0.2) is 13.8 Å². The van der Waals surface area contributed by atoms with Gasteiger partial charge in [-0.15, -0.1) is 0 Å². The Hall–Kier alpha value is -3.07. The number of hydrogen-bond acceptors (Lipinski definition) is 6. The van der Waals surface area contributed by atoms with Crippen LogP contribution in [-0.2, 0) is 9.53 Å². The molecule has 3 aliphatic rings. The van der Waals surface area contributed by atoms with Gasteiger partial charge in [-0.2, -0.15) is 0 Å². The summed E-state index contributed by atoms with van der Waals surface area (Å²) >= 11 is 0. The van der Waals surface area contributed by atoms with Crippen LogP contribution in [0.4, 0.5) is 14.6 Å². The molecule has 0 bridgehead atoms. The predicted molar refractivity (Wildman–Crippen MR) is 131 cm³/mol. The number of ether oxygens (including phenoxy) is 1. The maximum atomic E-state index is 13.7. The summed E-state index contributed by atoms with van der Waals surface area (Å²) in [5, 5.41) is 14.5. The van der Waals surface area contributed by atoms with Crippen molar-refractivity contribution in [2.24, 2.45) is 0 Å². The lowest BCUT2D eigenvalue weighted by Gasteiger charge is -2.34. The zero-order chi connectivity index (χ0) is 24.5. The molecule has 1 aromatic heterocycles. The van der Waals surface area contributed by atoms with Gasteiger partial charge in [-0.1, -0.05) is 18.2 Å².